The van der Waals surface area contributed by atoms with E-state index in [-0.39, 0.29) is 5.78 Å². The van der Waals surface area contributed by atoms with Gasteiger partial charge in [0, 0.05) is 25.3 Å². The highest BCUT2D eigenvalue weighted by atomic mass is 16.1. The molecule has 0 aliphatic heterocycles. The molecule has 0 N–H and O–H groups in total. The predicted octanol–water partition coefficient (Wildman–Crippen LogP) is 3.65. The van der Waals surface area contributed by atoms with Crippen LogP contribution in [-0.2, 0) is 0 Å². The molecule has 0 spiro atoms. The summed E-state index contributed by atoms with van der Waals surface area (Å²) in [5.74, 6) is 0.0224. The van der Waals surface area contributed by atoms with Crippen molar-refractivity contribution in [2.45, 2.75) is 0 Å². The second-order valence-corrected chi connectivity index (χ2v) is 4.55. The Morgan fingerprint density at radius 2 is 1.58 bits per heavy atom. The van der Waals surface area contributed by atoms with Crippen molar-refractivity contribution in [2.75, 3.05) is 19.0 Å². The molecule has 0 fully saturated rings. The summed E-state index contributed by atoms with van der Waals surface area (Å²) in [6.45, 7) is 0. The molecule has 0 saturated heterocycles. The molecule has 0 saturated carbocycles. The fourth-order valence-electron chi connectivity index (χ4n) is 1.76. The van der Waals surface area contributed by atoms with Gasteiger partial charge in [0.2, 0.25) is 0 Å². The van der Waals surface area contributed by atoms with Crippen LogP contribution in [-0.4, -0.2) is 19.9 Å². The van der Waals surface area contributed by atoms with E-state index in [4.69, 9.17) is 0 Å². The molecule has 2 aromatic rings. The number of carbonyl (C=O) groups is 1. The minimum Gasteiger partial charge on any atom is -0.378 e. The maximum absolute atomic E-state index is 12.0. The van der Waals surface area contributed by atoms with Crippen LogP contribution in [0.5, 0.6) is 0 Å². The van der Waals surface area contributed by atoms with Crippen LogP contribution in [0.1, 0.15) is 15.9 Å². The summed E-state index contributed by atoms with van der Waals surface area (Å²) in [5, 5.41) is 0. The molecule has 0 unspecified atom stereocenters. The number of rotatable bonds is 4. The lowest BCUT2D eigenvalue weighted by Crippen LogP contribution is -2.08. The number of nitrogens with zero attached hydrogens (tertiary/aromatic N) is 1. The Morgan fingerprint density at radius 3 is 2.16 bits per heavy atom. The van der Waals surface area contributed by atoms with E-state index < -0.39 is 0 Å². The molecule has 2 aromatic carbocycles. The first-order valence-electron chi connectivity index (χ1n) is 6.21. The quantitative estimate of drug-likeness (QED) is 0.610. The third-order valence-electron chi connectivity index (χ3n) is 2.89. The molecular formula is C17H17NO. The van der Waals surface area contributed by atoms with E-state index in [1.54, 1.807) is 6.08 Å². The summed E-state index contributed by atoms with van der Waals surface area (Å²) in [5.41, 5.74) is 2.82. The Kier molecular flexibility index (Phi) is 4.14. The second kappa shape index (κ2) is 6.01. The van der Waals surface area contributed by atoms with E-state index in [2.05, 4.69) is 0 Å². The maximum Gasteiger partial charge on any atom is 0.185 e. The molecule has 0 aliphatic rings. The minimum absolute atomic E-state index is 0.0224. The van der Waals surface area contributed by atoms with Crippen LogP contribution in [0.2, 0.25) is 0 Å². The Morgan fingerprint density at radius 1 is 0.947 bits per heavy atom. The fraction of sp³-hybridized carbons (Fsp3) is 0.118. The van der Waals surface area contributed by atoms with Gasteiger partial charge in [-0.2, -0.15) is 0 Å². The zero-order valence-electron chi connectivity index (χ0n) is 11.2. The van der Waals surface area contributed by atoms with Crippen molar-refractivity contribution in [2.24, 2.45) is 0 Å². The van der Waals surface area contributed by atoms with E-state index in [1.165, 1.54) is 0 Å². The van der Waals surface area contributed by atoms with Gasteiger partial charge in [-0.25, -0.2) is 0 Å². The Hall–Kier alpha value is -2.35. The van der Waals surface area contributed by atoms with Crippen molar-refractivity contribution in [3.05, 3.63) is 71.8 Å². The first-order valence-corrected chi connectivity index (χ1v) is 6.21. The molecule has 0 aromatic heterocycles. The molecule has 0 amide bonds. The van der Waals surface area contributed by atoms with Crippen molar-refractivity contribution in [3.8, 4) is 0 Å². The number of hydrogen-bond acceptors (Lipinski definition) is 2. The van der Waals surface area contributed by atoms with Crippen molar-refractivity contribution < 1.29 is 4.79 Å². The van der Waals surface area contributed by atoms with Gasteiger partial charge in [-0.1, -0.05) is 36.4 Å². The molecular weight excluding hydrogens is 234 g/mol. The van der Waals surface area contributed by atoms with Gasteiger partial charge in [0.05, 0.1) is 0 Å². The summed E-state index contributed by atoms with van der Waals surface area (Å²) in [7, 11) is 3.96. The van der Waals surface area contributed by atoms with E-state index in [9.17, 15) is 4.79 Å². The van der Waals surface area contributed by atoms with E-state index >= 15 is 0 Å². The smallest absolute Gasteiger partial charge is 0.185 e. The van der Waals surface area contributed by atoms with E-state index in [0.29, 0.717) is 5.56 Å². The van der Waals surface area contributed by atoms with Crippen LogP contribution in [0.3, 0.4) is 0 Å². The van der Waals surface area contributed by atoms with Crippen LogP contribution in [0.25, 0.3) is 6.08 Å². The predicted molar refractivity (Wildman–Crippen MR) is 80.6 cm³/mol. The molecule has 0 atom stereocenters. The molecule has 0 aliphatic carbocycles. The molecule has 2 nitrogen and oxygen atoms in total. The van der Waals surface area contributed by atoms with Crippen LogP contribution in [0.15, 0.2) is 60.7 Å². The van der Waals surface area contributed by atoms with Gasteiger partial charge in [0.25, 0.3) is 0 Å². The molecule has 2 rings (SSSR count). The van der Waals surface area contributed by atoms with Crippen LogP contribution >= 0.6 is 0 Å². The van der Waals surface area contributed by atoms with E-state index in [0.717, 1.165) is 11.3 Å². The summed E-state index contributed by atoms with van der Waals surface area (Å²) in [4.78, 5) is 14.0. The lowest BCUT2D eigenvalue weighted by Gasteiger charge is -2.11. The first-order chi connectivity index (χ1) is 9.16. The summed E-state index contributed by atoms with van der Waals surface area (Å²) < 4.78 is 0. The van der Waals surface area contributed by atoms with Crippen molar-refractivity contribution in [1.82, 2.24) is 0 Å². The molecule has 2 heteroatoms. The van der Waals surface area contributed by atoms with Gasteiger partial charge < -0.3 is 4.90 Å². The van der Waals surface area contributed by atoms with Gasteiger partial charge in [0.15, 0.2) is 5.78 Å². The lowest BCUT2D eigenvalue weighted by atomic mass is 10.1. The largest absolute Gasteiger partial charge is 0.378 e. The third-order valence-corrected chi connectivity index (χ3v) is 2.89. The van der Waals surface area contributed by atoms with Gasteiger partial charge in [-0.05, 0) is 35.9 Å². The SMILES string of the molecule is CN(C)c1ccc(C(=O)C=Cc2ccccc2)cc1. The zero-order valence-corrected chi connectivity index (χ0v) is 11.2. The summed E-state index contributed by atoms with van der Waals surface area (Å²) in [6.07, 6.45) is 3.45. The number of anilines is 1. The van der Waals surface area contributed by atoms with Crippen molar-refractivity contribution in [1.29, 1.82) is 0 Å². The summed E-state index contributed by atoms with van der Waals surface area (Å²) >= 11 is 0. The molecule has 0 heterocycles. The second-order valence-electron chi connectivity index (χ2n) is 4.55. The maximum atomic E-state index is 12.0. The highest BCUT2D eigenvalue weighted by molar-refractivity contribution is 6.06. The number of allylic oxidation sites excluding steroid dienone is 1. The number of carbonyl (C=O) groups excluding carboxylic acids is 1. The van der Waals surface area contributed by atoms with Gasteiger partial charge in [0.1, 0.15) is 0 Å². The zero-order chi connectivity index (χ0) is 13.7. The monoisotopic (exact) mass is 251 g/mol. The fourth-order valence-corrected chi connectivity index (χ4v) is 1.76. The normalized spacial score (nSPS) is 10.6. The van der Waals surface area contributed by atoms with Gasteiger partial charge in [-0.15, -0.1) is 0 Å². The summed E-state index contributed by atoms with van der Waals surface area (Å²) in [6, 6.07) is 17.4. The van der Waals surface area contributed by atoms with Crippen molar-refractivity contribution >= 4 is 17.5 Å². The average Bonchev–Trinajstić information content (AvgIpc) is 2.46. The standard InChI is InChI=1S/C17H17NO/c1-18(2)16-11-9-15(10-12-16)17(19)13-8-14-6-4-3-5-7-14/h3-13H,1-2H3. The Labute approximate surface area is 114 Å². The van der Waals surface area contributed by atoms with E-state index in [1.807, 2.05) is 79.7 Å². The number of ketones is 1. The van der Waals surface area contributed by atoms with Crippen LogP contribution in [0, 0.1) is 0 Å². The molecule has 0 bridgehead atoms. The topological polar surface area (TPSA) is 20.3 Å². The highest BCUT2D eigenvalue weighted by Gasteiger charge is 2.02. The van der Waals surface area contributed by atoms with Crippen molar-refractivity contribution in [3.63, 3.8) is 0 Å². The Balaban J connectivity index is 2.10. The highest BCUT2D eigenvalue weighted by Crippen LogP contribution is 2.13. The Bertz CT molecular complexity index is 568. The number of benzene rings is 2. The molecule has 19 heavy (non-hydrogen) atoms. The first kappa shape index (κ1) is 13.1. The molecule has 96 valence electrons. The molecule has 0 radical (unpaired) electrons. The number of hydrogen-bond donors (Lipinski definition) is 0. The van der Waals surface area contributed by atoms with Gasteiger partial charge >= 0.3 is 0 Å². The van der Waals surface area contributed by atoms with Crippen LogP contribution < -0.4 is 4.90 Å². The third kappa shape index (κ3) is 3.55. The van der Waals surface area contributed by atoms with Crippen LogP contribution in [0.4, 0.5) is 5.69 Å². The lowest BCUT2D eigenvalue weighted by molar-refractivity contribution is 0.104. The minimum atomic E-state index is 0.0224. The average molecular weight is 251 g/mol. The van der Waals surface area contributed by atoms with Gasteiger partial charge in [-0.3, -0.25) is 4.79 Å².